The lowest BCUT2D eigenvalue weighted by atomic mass is 10.1. The molecule has 1 N–H and O–H groups in total. The molecule has 0 saturated carbocycles. The van der Waals surface area contributed by atoms with E-state index in [-0.39, 0.29) is 11.7 Å². The second-order valence-electron chi connectivity index (χ2n) is 8.28. The molecule has 1 atom stereocenters. The molecule has 1 saturated heterocycles. The van der Waals surface area contributed by atoms with Gasteiger partial charge in [0.25, 0.3) is 5.91 Å². The van der Waals surface area contributed by atoms with E-state index in [0.717, 1.165) is 22.4 Å². The standard InChI is InChI=1S/C23H23FN6OS/c1-13-6-7-16(24)17-18(13)27-28-19(17)22-26-20(21(32-22)14-5-4-9-25-11-14)23(31)30-10-8-15(12-30)29(2)3/h4-7,9,11,15H,8,10,12H2,1-3H3,(H,27,28). The number of benzene rings is 1. The number of thiazole rings is 1. The molecule has 9 heteroatoms. The summed E-state index contributed by atoms with van der Waals surface area (Å²) in [6.07, 6.45) is 4.33. The van der Waals surface area contributed by atoms with Crippen molar-refractivity contribution in [3.63, 3.8) is 0 Å². The first-order valence-electron chi connectivity index (χ1n) is 10.4. The summed E-state index contributed by atoms with van der Waals surface area (Å²) in [7, 11) is 4.06. The minimum atomic E-state index is -0.367. The van der Waals surface area contributed by atoms with Crippen LogP contribution in [0.15, 0.2) is 36.7 Å². The number of halogens is 1. The number of aryl methyl sites for hydroxylation is 1. The van der Waals surface area contributed by atoms with Gasteiger partial charge in [-0.3, -0.25) is 14.9 Å². The van der Waals surface area contributed by atoms with Crippen molar-refractivity contribution >= 4 is 28.1 Å². The molecule has 164 valence electrons. The maximum absolute atomic E-state index is 14.7. The van der Waals surface area contributed by atoms with Gasteiger partial charge in [0.2, 0.25) is 0 Å². The third-order valence-corrected chi connectivity index (χ3v) is 7.13. The summed E-state index contributed by atoms with van der Waals surface area (Å²) < 4.78 is 14.7. The average molecular weight is 451 g/mol. The molecule has 1 aromatic carbocycles. The second kappa shape index (κ2) is 8.07. The van der Waals surface area contributed by atoms with Gasteiger partial charge < -0.3 is 9.80 Å². The fourth-order valence-electron chi connectivity index (χ4n) is 4.14. The second-order valence-corrected chi connectivity index (χ2v) is 9.28. The van der Waals surface area contributed by atoms with E-state index >= 15 is 0 Å². The number of hydrogen-bond acceptors (Lipinski definition) is 6. The minimum absolute atomic E-state index is 0.118. The number of carbonyl (C=O) groups excluding carboxylic acids is 1. The van der Waals surface area contributed by atoms with Crippen LogP contribution < -0.4 is 0 Å². The molecule has 4 heterocycles. The molecule has 0 radical (unpaired) electrons. The number of aromatic amines is 1. The highest BCUT2D eigenvalue weighted by Crippen LogP contribution is 2.39. The molecule has 0 aliphatic carbocycles. The Morgan fingerprint density at radius 2 is 2.16 bits per heavy atom. The van der Waals surface area contributed by atoms with E-state index in [0.29, 0.717) is 46.4 Å². The summed E-state index contributed by atoms with van der Waals surface area (Å²) in [6.45, 7) is 3.24. The first-order valence-corrected chi connectivity index (χ1v) is 11.3. The lowest BCUT2D eigenvalue weighted by Crippen LogP contribution is -2.34. The summed E-state index contributed by atoms with van der Waals surface area (Å²) in [4.78, 5) is 27.1. The van der Waals surface area contributed by atoms with Crippen LogP contribution in [0.2, 0.25) is 0 Å². The fourth-order valence-corrected chi connectivity index (χ4v) is 5.18. The Bertz CT molecular complexity index is 1300. The van der Waals surface area contributed by atoms with Gasteiger partial charge in [-0.15, -0.1) is 11.3 Å². The number of aromatic nitrogens is 4. The highest BCUT2D eigenvalue weighted by atomic mass is 32.1. The summed E-state index contributed by atoms with van der Waals surface area (Å²) >= 11 is 1.34. The number of fused-ring (bicyclic) bond motifs is 1. The van der Waals surface area contributed by atoms with Gasteiger partial charge in [0.15, 0.2) is 0 Å². The summed E-state index contributed by atoms with van der Waals surface area (Å²) in [5.41, 5.74) is 3.12. The molecule has 4 aromatic rings. The van der Waals surface area contributed by atoms with E-state index in [1.54, 1.807) is 18.5 Å². The molecular formula is C23H23FN6OS. The molecular weight excluding hydrogens is 427 g/mol. The molecule has 32 heavy (non-hydrogen) atoms. The van der Waals surface area contributed by atoms with Gasteiger partial charge in [0, 0.05) is 37.1 Å². The Kier molecular flexibility index (Phi) is 5.22. The van der Waals surface area contributed by atoms with Crippen LogP contribution in [0.25, 0.3) is 32.0 Å². The molecule has 1 aliphatic rings. The zero-order chi connectivity index (χ0) is 22.4. The largest absolute Gasteiger partial charge is 0.336 e. The van der Waals surface area contributed by atoms with Crippen LogP contribution in [0.5, 0.6) is 0 Å². The fraction of sp³-hybridized carbons (Fsp3) is 0.304. The number of nitrogens with one attached hydrogen (secondary N) is 1. The van der Waals surface area contributed by atoms with Gasteiger partial charge in [0.1, 0.15) is 22.2 Å². The van der Waals surface area contributed by atoms with Gasteiger partial charge in [-0.25, -0.2) is 9.37 Å². The van der Waals surface area contributed by atoms with Crippen molar-refractivity contribution in [2.24, 2.45) is 0 Å². The maximum Gasteiger partial charge on any atom is 0.274 e. The van der Waals surface area contributed by atoms with Gasteiger partial charge in [0.05, 0.1) is 15.8 Å². The third kappa shape index (κ3) is 3.47. The predicted octanol–water partition coefficient (Wildman–Crippen LogP) is 3.97. The molecule has 1 amide bonds. The Labute approximate surface area is 188 Å². The number of amides is 1. The van der Waals surface area contributed by atoms with Gasteiger partial charge in [-0.05, 0) is 45.1 Å². The zero-order valence-corrected chi connectivity index (χ0v) is 18.9. The molecule has 7 nitrogen and oxygen atoms in total. The number of hydrogen-bond donors (Lipinski definition) is 1. The maximum atomic E-state index is 14.7. The number of likely N-dealkylation sites (N-methyl/N-ethyl adjacent to an activating group) is 1. The van der Waals surface area contributed by atoms with Crippen molar-refractivity contribution in [1.82, 2.24) is 30.0 Å². The highest BCUT2D eigenvalue weighted by molar-refractivity contribution is 7.18. The van der Waals surface area contributed by atoms with Crippen molar-refractivity contribution in [3.05, 3.63) is 53.7 Å². The molecule has 1 unspecified atom stereocenters. The molecule has 1 fully saturated rings. The van der Waals surface area contributed by atoms with Crippen LogP contribution in [-0.4, -0.2) is 69.1 Å². The van der Waals surface area contributed by atoms with Crippen LogP contribution in [0.4, 0.5) is 4.39 Å². The predicted molar refractivity (Wildman–Crippen MR) is 123 cm³/mol. The van der Waals surface area contributed by atoms with E-state index in [1.165, 1.54) is 17.4 Å². The molecule has 0 spiro atoms. The SMILES string of the molecule is Cc1ccc(F)c2c(-c3nc(C(=O)N4CCC(N(C)C)C4)c(-c4cccnc4)s3)n[nH]c12. The smallest absolute Gasteiger partial charge is 0.274 e. The topological polar surface area (TPSA) is 78.0 Å². The first kappa shape index (κ1) is 20.7. The van der Waals surface area contributed by atoms with Crippen molar-refractivity contribution in [3.8, 4) is 21.1 Å². The van der Waals surface area contributed by atoms with Gasteiger partial charge >= 0.3 is 0 Å². The van der Waals surface area contributed by atoms with Crippen LogP contribution >= 0.6 is 11.3 Å². The van der Waals surface area contributed by atoms with E-state index in [9.17, 15) is 9.18 Å². The average Bonchev–Trinajstić information content (AvgIpc) is 3.54. The van der Waals surface area contributed by atoms with Crippen molar-refractivity contribution in [2.45, 2.75) is 19.4 Å². The normalized spacial score (nSPS) is 16.4. The van der Waals surface area contributed by atoms with Crippen molar-refractivity contribution in [2.75, 3.05) is 27.2 Å². The summed E-state index contributed by atoms with van der Waals surface area (Å²) in [6, 6.07) is 7.21. The number of pyridine rings is 1. The van der Waals surface area contributed by atoms with Gasteiger partial charge in [-0.2, -0.15) is 5.10 Å². The summed E-state index contributed by atoms with van der Waals surface area (Å²) in [5.74, 6) is -0.485. The monoisotopic (exact) mass is 450 g/mol. The Morgan fingerprint density at radius 3 is 2.88 bits per heavy atom. The quantitative estimate of drug-likeness (QED) is 0.509. The summed E-state index contributed by atoms with van der Waals surface area (Å²) in [5, 5.41) is 8.19. The number of rotatable bonds is 4. The minimum Gasteiger partial charge on any atom is -0.336 e. The van der Waals surface area contributed by atoms with Crippen molar-refractivity contribution < 1.29 is 9.18 Å². The molecule has 0 bridgehead atoms. The number of carbonyl (C=O) groups is 1. The van der Waals surface area contributed by atoms with E-state index < -0.39 is 0 Å². The zero-order valence-electron chi connectivity index (χ0n) is 18.1. The number of likely N-dealkylation sites (tertiary alicyclic amines) is 1. The lowest BCUT2D eigenvalue weighted by Gasteiger charge is -2.20. The molecule has 1 aliphatic heterocycles. The van der Waals surface area contributed by atoms with Gasteiger partial charge in [-0.1, -0.05) is 12.1 Å². The Morgan fingerprint density at radius 1 is 1.31 bits per heavy atom. The van der Waals surface area contributed by atoms with Crippen molar-refractivity contribution in [1.29, 1.82) is 0 Å². The lowest BCUT2D eigenvalue weighted by molar-refractivity contribution is 0.0779. The van der Waals surface area contributed by atoms with Crippen LogP contribution in [0.3, 0.4) is 0 Å². The highest BCUT2D eigenvalue weighted by Gasteiger charge is 2.32. The van der Waals surface area contributed by atoms with Crippen LogP contribution in [0.1, 0.15) is 22.5 Å². The Hall–Kier alpha value is -3.17. The van der Waals surface area contributed by atoms with Crippen LogP contribution in [0, 0.1) is 12.7 Å². The third-order valence-electron chi connectivity index (χ3n) is 6.02. The van der Waals surface area contributed by atoms with E-state index in [4.69, 9.17) is 4.98 Å². The molecule has 3 aromatic heterocycles. The van der Waals surface area contributed by atoms with E-state index in [2.05, 4.69) is 20.1 Å². The Balaban J connectivity index is 1.62. The number of nitrogens with zero attached hydrogens (tertiary/aromatic N) is 5. The first-order chi connectivity index (χ1) is 15.4. The molecule has 5 rings (SSSR count). The van der Waals surface area contributed by atoms with Crippen LogP contribution in [-0.2, 0) is 0 Å². The number of H-pyrrole nitrogens is 1. The van der Waals surface area contributed by atoms with E-state index in [1.807, 2.05) is 38.1 Å².